The summed E-state index contributed by atoms with van der Waals surface area (Å²) in [4.78, 5) is 30.2. The fraction of sp³-hybridized carbons (Fsp3) is 0.667. The number of carbonyl (C=O) groups excluding carboxylic acids is 2. The highest BCUT2D eigenvalue weighted by molar-refractivity contribution is 5.88. The summed E-state index contributed by atoms with van der Waals surface area (Å²) in [5.74, 6) is 1.17. The number of rotatable bonds is 7. The Morgan fingerprint density at radius 1 is 1.03 bits per heavy atom. The number of hydrogen-bond donors (Lipinski definition) is 1. The molecule has 1 atom stereocenters. The first kappa shape index (κ1) is 22.6. The summed E-state index contributed by atoms with van der Waals surface area (Å²) >= 11 is 0. The van der Waals surface area contributed by atoms with Crippen LogP contribution in [0.25, 0.3) is 0 Å². The third-order valence-electron chi connectivity index (χ3n) is 6.46. The van der Waals surface area contributed by atoms with E-state index >= 15 is 0 Å². The maximum absolute atomic E-state index is 13.2. The van der Waals surface area contributed by atoms with Crippen molar-refractivity contribution in [3.05, 3.63) is 29.8 Å². The van der Waals surface area contributed by atoms with E-state index in [4.69, 9.17) is 4.74 Å². The maximum atomic E-state index is 13.2. The largest absolute Gasteiger partial charge is 0.497 e. The summed E-state index contributed by atoms with van der Waals surface area (Å²) in [7, 11) is 1.67. The molecule has 6 nitrogen and oxygen atoms in total. The monoisotopic (exact) mass is 415 g/mol. The smallest absolute Gasteiger partial charge is 0.245 e. The Morgan fingerprint density at radius 3 is 2.23 bits per heavy atom. The van der Waals surface area contributed by atoms with Crippen LogP contribution in [0.1, 0.15) is 51.5 Å². The van der Waals surface area contributed by atoms with Gasteiger partial charge < -0.3 is 15.0 Å². The van der Waals surface area contributed by atoms with Crippen molar-refractivity contribution in [3.63, 3.8) is 0 Å². The van der Waals surface area contributed by atoms with Crippen LogP contribution in [-0.4, -0.2) is 60.9 Å². The number of amides is 2. The SMILES string of the molecule is COc1ccc(CN2CCN(C(=O)[C@@H](NC(=O)C3CCCCC3)C(C)C)CC2)cc1. The summed E-state index contributed by atoms with van der Waals surface area (Å²) in [5.41, 5.74) is 1.25. The van der Waals surface area contributed by atoms with E-state index in [0.29, 0.717) is 13.1 Å². The van der Waals surface area contributed by atoms with Crippen molar-refractivity contribution < 1.29 is 14.3 Å². The zero-order valence-electron chi connectivity index (χ0n) is 18.7. The lowest BCUT2D eigenvalue weighted by molar-refractivity contribution is -0.140. The molecule has 30 heavy (non-hydrogen) atoms. The van der Waals surface area contributed by atoms with Gasteiger partial charge in [-0.2, -0.15) is 0 Å². The fourth-order valence-electron chi connectivity index (χ4n) is 4.46. The third-order valence-corrected chi connectivity index (χ3v) is 6.46. The van der Waals surface area contributed by atoms with E-state index in [-0.39, 0.29) is 23.7 Å². The molecule has 166 valence electrons. The highest BCUT2D eigenvalue weighted by Crippen LogP contribution is 2.24. The van der Waals surface area contributed by atoms with Crippen LogP contribution >= 0.6 is 0 Å². The first-order chi connectivity index (χ1) is 14.5. The zero-order valence-corrected chi connectivity index (χ0v) is 18.7. The third kappa shape index (κ3) is 5.97. The number of hydrogen-bond acceptors (Lipinski definition) is 4. The second-order valence-electron chi connectivity index (χ2n) is 9.01. The van der Waals surface area contributed by atoms with Crippen molar-refractivity contribution in [1.82, 2.24) is 15.1 Å². The van der Waals surface area contributed by atoms with Crippen LogP contribution in [0.4, 0.5) is 0 Å². The Hall–Kier alpha value is -2.08. The van der Waals surface area contributed by atoms with Crippen molar-refractivity contribution in [2.75, 3.05) is 33.3 Å². The molecule has 1 aliphatic carbocycles. The lowest BCUT2D eigenvalue weighted by Crippen LogP contribution is -2.57. The Morgan fingerprint density at radius 2 is 1.67 bits per heavy atom. The fourth-order valence-corrected chi connectivity index (χ4v) is 4.46. The number of carbonyl (C=O) groups is 2. The van der Waals surface area contributed by atoms with Gasteiger partial charge in [0.2, 0.25) is 11.8 Å². The number of ether oxygens (including phenoxy) is 1. The molecular weight excluding hydrogens is 378 g/mol. The van der Waals surface area contributed by atoms with Gasteiger partial charge in [0.15, 0.2) is 0 Å². The molecule has 6 heteroatoms. The maximum Gasteiger partial charge on any atom is 0.245 e. The van der Waals surface area contributed by atoms with E-state index in [1.54, 1.807) is 7.11 Å². The molecule has 1 aromatic carbocycles. The Balaban J connectivity index is 1.50. The molecule has 2 fully saturated rings. The normalized spacial score (nSPS) is 19.5. The summed E-state index contributed by atoms with van der Waals surface area (Å²) < 4.78 is 5.22. The van der Waals surface area contributed by atoms with Gasteiger partial charge in [-0.15, -0.1) is 0 Å². The van der Waals surface area contributed by atoms with E-state index in [1.165, 1.54) is 12.0 Å². The van der Waals surface area contributed by atoms with Crippen LogP contribution in [0.2, 0.25) is 0 Å². The van der Waals surface area contributed by atoms with Gasteiger partial charge in [-0.05, 0) is 36.5 Å². The Bertz CT molecular complexity index is 690. The predicted octanol–water partition coefficient (Wildman–Crippen LogP) is 3.06. The molecule has 0 aromatic heterocycles. The van der Waals surface area contributed by atoms with Gasteiger partial charge in [0.25, 0.3) is 0 Å². The first-order valence-corrected chi connectivity index (χ1v) is 11.4. The van der Waals surface area contributed by atoms with Gasteiger partial charge in [0.05, 0.1) is 7.11 Å². The molecule has 1 aliphatic heterocycles. The molecule has 0 spiro atoms. The molecule has 0 bridgehead atoms. The van der Waals surface area contributed by atoms with Gasteiger partial charge in [0.1, 0.15) is 11.8 Å². The second-order valence-corrected chi connectivity index (χ2v) is 9.01. The predicted molar refractivity (Wildman–Crippen MR) is 118 cm³/mol. The van der Waals surface area contributed by atoms with Crippen LogP contribution in [0, 0.1) is 11.8 Å². The second kappa shape index (κ2) is 10.8. The standard InChI is InChI=1S/C24H37N3O3/c1-18(2)22(25-23(28)20-7-5-4-6-8-20)24(29)27-15-13-26(14-16-27)17-19-9-11-21(30-3)12-10-19/h9-12,18,20,22H,4-8,13-17H2,1-3H3,(H,25,28)/t22-/m0/s1. The van der Waals surface area contributed by atoms with Crippen LogP contribution < -0.4 is 10.1 Å². The highest BCUT2D eigenvalue weighted by Gasteiger charge is 2.32. The molecule has 2 amide bonds. The van der Waals surface area contributed by atoms with Crippen LogP contribution in [0.15, 0.2) is 24.3 Å². The first-order valence-electron chi connectivity index (χ1n) is 11.4. The number of nitrogens with zero attached hydrogens (tertiary/aromatic N) is 2. The Labute approximate surface area is 180 Å². The molecule has 1 heterocycles. The van der Waals surface area contributed by atoms with Gasteiger partial charge in [-0.1, -0.05) is 45.2 Å². The molecule has 1 saturated carbocycles. The lowest BCUT2D eigenvalue weighted by atomic mass is 9.88. The van der Waals surface area contributed by atoms with Crippen LogP contribution in [-0.2, 0) is 16.1 Å². The molecule has 1 saturated heterocycles. The topological polar surface area (TPSA) is 61.9 Å². The van der Waals surface area contributed by atoms with E-state index in [1.807, 2.05) is 30.9 Å². The summed E-state index contributed by atoms with van der Waals surface area (Å²) in [5, 5.41) is 3.09. The van der Waals surface area contributed by atoms with E-state index < -0.39 is 6.04 Å². The number of methoxy groups -OCH3 is 1. The average molecular weight is 416 g/mol. The van der Waals surface area contributed by atoms with E-state index in [9.17, 15) is 9.59 Å². The minimum atomic E-state index is -0.424. The van der Waals surface area contributed by atoms with Crippen LogP contribution in [0.5, 0.6) is 5.75 Å². The van der Waals surface area contributed by atoms with Gasteiger partial charge in [0, 0.05) is 38.6 Å². The highest BCUT2D eigenvalue weighted by atomic mass is 16.5. The van der Waals surface area contributed by atoms with Crippen molar-refractivity contribution in [3.8, 4) is 5.75 Å². The van der Waals surface area contributed by atoms with Crippen LogP contribution in [0.3, 0.4) is 0 Å². The summed E-state index contributed by atoms with van der Waals surface area (Å²) in [6, 6.07) is 7.72. The Kier molecular flexibility index (Phi) is 8.14. The quantitative estimate of drug-likeness (QED) is 0.744. The minimum absolute atomic E-state index is 0.0678. The molecule has 2 aliphatic rings. The molecule has 1 aromatic rings. The average Bonchev–Trinajstić information content (AvgIpc) is 2.78. The van der Waals surface area contributed by atoms with Gasteiger partial charge in [-0.25, -0.2) is 0 Å². The number of piperazine rings is 1. The summed E-state index contributed by atoms with van der Waals surface area (Å²) in [6.07, 6.45) is 5.37. The molecule has 3 rings (SSSR count). The van der Waals surface area contributed by atoms with E-state index in [2.05, 4.69) is 22.3 Å². The van der Waals surface area contributed by atoms with Crippen molar-refractivity contribution >= 4 is 11.8 Å². The molecular formula is C24H37N3O3. The number of nitrogens with one attached hydrogen (secondary N) is 1. The van der Waals surface area contributed by atoms with Crippen molar-refractivity contribution in [2.45, 2.75) is 58.5 Å². The van der Waals surface area contributed by atoms with E-state index in [0.717, 1.165) is 51.1 Å². The van der Waals surface area contributed by atoms with Gasteiger partial charge in [-0.3, -0.25) is 14.5 Å². The number of benzene rings is 1. The lowest BCUT2D eigenvalue weighted by Gasteiger charge is -2.37. The molecule has 0 unspecified atom stereocenters. The van der Waals surface area contributed by atoms with Gasteiger partial charge >= 0.3 is 0 Å². The zero-order chi connectivity index (χ0) is 21.5. The minimum Gasteiger partial charge on any atom is -0.497 e. The van der Waals surface area contributed by atoms with Crippen molar-refractivity contribution in [1.29, 1.82) is 0 Å². The molecule has 0 radical (unpaired) electrons. The van der Waals surface area contributed by atoms with Crippen molar-refractivity contribution in [2.24, 2.45) is 11.8 Å². The summed E-state index contributed by atoms with van der Waals surface area (Å²) in [6.45, 7) is 8.01. The molecule has 1 N–H and O–H groups in total.